The van der Waals surface area contributed by atoms with Crippen molar-refractivity contribution in [3.63, 3.8) is 0 Å². The normalized spacial score (nSPS) is 33.6. The number of rotatable bonds is 4. The summed E-state index contributed by atoms with van der Waals surface area (Å²) in [6.45, 7) is 8.95. The number of nitrogens with one attached hydrogen (secondary N) is 1. The number of likely N-dealkylation sites (tertiary alicyclic amines) is 1. The molecule has 2 aromatic rings. The van der Waals surface area contributed by atoms with Crippen LogP contribution < -0.4 is 14.4 Å². The molecule has 1 saturated heterocycles. The molecule has 6 atom stereocenters. The molecule has 1 spiro atoms. The van der Waals surface area contributed by atoms with Gasteiger partial charge in [-0.05, 0) is 137 Å². The number of sulfonamides is 1. The second-order valence-electron chi connectivity index (χ2n) is 15.8. The lowest BCUT2D eigenvalue weighted by Crippen LogP contribution is -2.54. The number of carbonyl (C=O) groups is 1. The van der Waals surface area contributed by atoms with Gasteiger partial charge in [-0.25, -0.2) is 13.1 Å². The van der Waals surface area contributed by atoms with Gasteiger partial charge in [-0.15, -0.1) is 0 Å². The first-order valence-electron chi connectivity index (χ1n) is 18.8. The number of aryl methyl sites for hydroxylation is 1. The molecule has 8 nitrogen and oxygen atoms in total. The van der Waals surface area contributed by atoms with Crippen molar-refractivity contribution in [1.29, 1.82) is 0 Å². The van der Waals surface area contributed by atoms with Gasteiger partial charge in [-0.3, -0.25) is 4.79 Å². The van der Waals surface area contributed by atoms with Crippen LogP contribution in [0, 0.1) is 17.8 Å². The van der Waals surface area contributed by atoms with Crippen LogP contribution in [0.5, 0.6) is 5.75 Å². The molecule has 10 heteroatoms. The average molecular weight is 724 g/mol. The SMILES string of the molecule is CO[C@]1(CCN2CCCCC2)/C=C/C[C@H](C)[C@@H](C)S(=O)(=O)NC(=O)c2ccc3c(c2)N(C[C@@H]2CC[C@H]21)C[C@@]1(CCCc2cc(Cl)ccc21)CO3. The Hall–Kier alpha value is -2.59. The van der Waals surface area contributed by atoms with E-state index in [1.54, 1.807) is 13.0 Å². The second kappa shape index (κ2) is 14.4. The summed E-state index contributed by atoms with van der Waals surface area (Å²) < 4.78 is 42.8. The number of carbonyl (C=O) groups excluding carboxylic acids is 1. The minimum absolute atomic E-state index is 0.196. The van der Waals surface area contributed by atoms with E-state index < -0.39 is 26.8 Å². The molecule has 7 rings (SSSR count). The summed E-state index contributed by atoms with van der Waals surface area (Å²) in [5, 5.41) is -0.00470. The maximum absolute atomic E-state index is 13.6. The highest BCUT2D eigenvalue weighted by Crippen LogP contribution is 2.50. The summed E-state index contributed by atoms with van der Waals surface area (Å²) in [7, 11) is -2.07. The fraction of sp³-hybridized carbons (Fsp3) is 0.625. The van der Waals surface area contributed by atoms with Crippen LogP contribution in [-0.4, -0.2) is 76.5 Å². The van der Waals surface area contributed by atoms with Crippen LogP contribution in [-0.2, 0) is 26.6 Å². The number of hydrogen-bond donors (Lipinski definition) is 1. The average Bonchev–Trinajstić information content (AvgIpc) is 3.25. The lowest BCUT2D eigenvalue weighted by Gasteiger charge is -2.51. The maximum atomic E-state index is 13.6. The van der Waals surface area contributed by atoms with Crippen LogP contribution in [0.4, 0.5) is 5.69 Å². The number of anilines is 1. The second-order valence-corrected chi connectivity index (χ2v) is 18.3. The number of allylic oxidation sites excluding steroid dienone is 1. The molecule has 1 N–H and O–H groups in total. The summed E-state index contributed by atoms with van der Waals surface area (Å²) in [6.07, 6.45) is 14.9. The zero-order valence-electron chi connectivity index (χ0n) is 30.0. The summed E-state index contributed by atoms with van der Waals surface area (Å²) in [5.41, 5.74) is 3.04. The van der Waals surface area contributed by atoms with Gasteiger partial charge in [0.05, 0.1) is 23.1 Å². The summed E-state index contributed by atoms with van der Waals surface area (Å²) in [4.78, 5) is 18.6. The van der Waals surface area contributed by atoms with E-state index in [0.29, 0.717) is 30.4 Å². The van der Waals surface area contributed by atoms with Gasteiger partial charge in [0, 0.05) is 42.7 Å². The molecule has 1 saturated carbocycles. The summed E-state index contributed by atoms with van der Waals surface area (Å²) >= 11 is 6.49. The molecule has 2 aromatic carbocycles. The first-order valence-corrected chi connectivity index (χ1v) is 20.8. The molecule has 2 bridgehead atoms. The van der Waals surface area contributed by atoms with Gasteiger partial charge in [-0.2, -0.15) is 0 Å². The van der Waals surface area contributed by atoms with E-state index in [0.717, 1.165) is 87.7 Å². The fourth-order valence-electron chi connectivity index (χ4n) is 9.46. The maximum Gasteiger partial charge on any atom is 0.264 e. The van der Waals surface area contributed by atoms with Crippen molar-refractivity contribution in [3.05, 3.63) is 70.3 Å². The van der Waals surface area contributed by atoms with E-state index in [9.17, 15) is 13.2 Å². The van der Waals surface area contributed by atoms with E-state index in [4.69, 9.17) is 21.1 Å². The predicted octanol–water partition coefficient (Wildman–Crippen LogP) is 7.14. The third-order valence-electron chi connectivity index (χ3n) is 12.9. The molecular formula is C40H54ClN3O5S. The van der Waals surface area contributed by atoms with Gasteiger partial charge in [0.25, 0.3) is 5.91 Å². The molecule has 0 unspecified atom stereocenters. The van der Waals surface area contributed by atoms with Crippen molar-refractivity contribution in [3.8, 4) is 5.75 Å². The Morgan fingerprint density at radius 1 is 1.06 bits per heavy atom. The highest BCUT2D eigenvalue weighted by atomic mass is 35.5. The van der Waals surface area contributed by atoms with Crippen molar-refractivity contribution in [2.24, 2.45) is 17.8 Å². The number of hydrogen-bond acceptors (Lipinski definition) is 7. The molecule has 0 radical (unpaired) electrons. The largest absolute Gasteiger partial charge is 0.490 e. The Morgan fingerprint density at radius 3 is 2.64 bits per heavy atom. The molecule has 3 heterocycles. The smallest absolute Gasteiger partial charge is 0.264 e. The number of ether oxygens (including phenoxy) is 2. The van der Waals surface area contributed by atoms with Crippen LogP contribution in [0.1, 0.15) is 93.1 Å². The van der Waals surface area contributed by atoms with Crippen LogP contribution in [0.3, 0.4) is 0 Å². The molecule has 0 aromatic heterocycles. The van der Waals surface area contributed by atoms with E-state index in [-0.39, 0.29) is 11.3 Å². The van der Waals surface area contributed by atoms with Gasteiger partial charge in [0.15, 0.2) is 0 Å². The van der Waals surface area contributed by atoms with E-state index in [1.165, 1.54) is 30.4 Å². The zero-order chi connectivity index (χ0) is 35.1. The Kier molecular flexibility index (Phi) is 10.3. The number of methoxy groups -OCH3 is 1. The Balaban J connectivity index is 1.30. The fourth-order valence-corrected chi connectivity index (χ4v) is 10.9. The van der Waals surface area contributed by atoms with Crippen LogP contribution in [0.25, 0.3) is 0 Å². The molecule has 2 fully saturated rings. The van der Waals surface area contributed by atoms with Gasteiger partial charge in [0.2, 0.25) is 10.0 Å². The topological polar surface area (TPSA) is 88.2 Å². The van der Waals surface area contributed by atoms with Gasteiger partial charge >= 0.3 is 0 Å². The third kappa shape index (κ3) is 6.96. The van der Waals surface area contributed by atoms with Gasteiger partial charge in [0.1, 0.15) is 5.75 Å². The van der Waals surface area contributed by atoms with Crippen LogP contribution in [0.15, 0.2) is 48.6 Å². The quantitative estimate of drug-likeness (QED) is 0.336. The first-order chi connectivity index (χ1) is 24.0. The lowest BCUT2D eigenvalue weighted by molar-refractivity contribution is -0.0841. The monoisotopic (exact) mass is 723 g/mol. The number of benzene rings is 2. The van der Waals surface area contributed by atoms with E-state index in [2.05, 4.69) is 38.8 Å². The number of fused-ring (bicyclic) bond motifs is 4. The minimum atomic E-state index is -3.93. The molecule has 50 heavy (non-hydrogen) atoms. The Labute approximate surface area is 304 Å². The van der Waals surface area contributed by atoms with Crippen molar-refractivity contribution in [1.82, 2.24) is 9.62 Å². The minimum Gasteiger partial charge on any atom is -0.490 e. The zero-order valence-corrected chi connectivity index (χ0v) is 31.5. The van der Waals surface area contributed by atoms with E-state index >= 15 is 0 Å². The third-order valence-corrected chi connectivity index (χ3v) is 15.0. The highest BCUT2D eigenvalue weighted by molar-refractivity contribution is 7.90. The number of piperidine rings is 1. The summed E-state index contributed by atoms with van der Waals surface area (Å²) in [5.74, 6) is 0.608. The number of nitrogens with zero attached hydrogens (tertiary/aromatic N) is 2. The highest BCUT2D eigenvalue weighted by Gasteiger charge is 2.49. The molecule has 5 aliphatic rings. The van der Waals surface area contributed by atoms with Crippen molar-refractivity contribution in [2.75, 3.05) is 51.3 Å². The van der Waals surface area contributed by atoms with E-state index in [1.807, 2.05) is 32.2 Å². The molecule has 2 aliphatic carbocycles. The Bertz CT molecular complexity index is 1710. The predicted molar refractivity (Wildman–Crippen MR) is 200 cm³/mol. The van der Waals surface area contributed by atoms with Crippen LogP contribution >= 0.6 is 11.6 Å². The van der Waals surface area contributed by atoms with Gasteiger partial charge < -0.3 is 19.3 Å². The molecule has 1 amide bonds. The lowest BCUT2D eigenvalue weighted by atomic mass is 9.62. The number of amides is 1. The Morgan fingerprint density at radius 2 is 1.88 bits per heavy atom. The molecular weight excluding hydrogens is 670 g/mol. The standard InChI is InChI=1S/C40H54ClN3O5S/c1-28-9-7-18-40(48-3,19-22-43-20-5-4-6-21-43)35-14-11-32(35)25-44-26-39(17-8-10-30-23-33(41)13-15-34(30)39)27-49-37-16-12-31(24-36(37)44)38(45)42-50(46,47)29(28)2/h7,12-13,15-16,18,23-24,28-29,32,35H,4-6,8-11,14,17,19-22,25-27H2,1-3H3,(H,42,45)/b18-7+/t28-,29+,32-,35+,39-,40-/m0/s1. The molecule has 272 valence electrons. The van der Waals surface area contributed by atoms with Crippen LogP contribution in [0.2, 0.25) is 5.02 Å². The molecule has 3 aliphatic heterocycles. The summed E-state index contributed by atoms with van der Waals surface area (Å²) in [6, 6.07) is 11.7. The van der Waals surface area contributed by atoms with Crippen molar-refractivity contribution in [2.45, 2.75) is 94.3 Å². The van der Waals surface area contributed by atoms with Crippen molar-refractivity contribution < 1.29 is 22.7 Å². The van der Waals surface area contributed by atoms with Gasteiger partial charge in [-0.1, -0.05) is 43.2 Å². The number of halogens is 1. The van der Waals surface area contributed by atoms with Crippen molar-refractivity contribution >= 4 is 33.2 Å². The first kappa shape index (κ1) is 35.8.